The summed E-state index contributed by atoms with van der Waals surface area (Å²) in [6.07, 6.45) is 21.2. The Bertz CT molecular complexity index is 6840. The van der Waals surface area contributed by atoms with E-state index in [0.29, 0.717) is 80.7 Å². The Balaban J connectivity index is 0.000000159. The predicted molar refractivity (Wildman–Crippen MR) is 522 cm³/mol. The van der Waals surface area contributed by atoms with Crippen LogP contribution in [0.15, 0.2) is 199 Å². The maximum Gasteiger partial charge on any atom is 1.00 e. The number of carbonyl (C=O) groups excluding carboxylic acids is 2. The van der Waals surface area contributed by atoms with Crippen LogP contribution in [0.1, 0.15) is 88.8 Å². The van der Waals surface area contributed by atoms with Gasteiger partial charge in [0.2, 0.25) is 11.9 Å². The number of benzene rings is 9. The van der Waals surface area contributed by atoms with E-state index in [1.807, 2.05) is 86.8 Å². The number of carboxylic acids is 1. The number of nitrogens with zero attached hydrogens (tertiary/aromatic N) is 15. The van der Waals surface area contributed by atoms with Crippen LogP contribution < -0.4 is 64.8 Å². The number of aromatic amines is 3. The van der Waals surface area contributed by atoms with Crippen molar-refractivity contribution in [3.05, 3.63) is 251 Å². The first-order valence-electron chi connectivity index (χ1n) is 41.2. The number of aliphatic imine (C=N–C) groups is 1. The van der Waals surface area contributed by atoms with Crippen LogP contribution in [-0.4, -0.2) is 142 Å². The molecule has 0 radical (unpaired) electrons. The van der Waals surface area contributed by atoms with Gasteiger partial charge in [-0.05, 0) is 205 Å². The van der Waals surface area contributed by atoms with E-state index in [4.69, 9.17) is 63.2 Å². The number of H-pyrrole nitrogens is 3. The van der Waals surface area contributed by atoms with Crippen molar-refractivity contribution >= 4 is 230 Å². The molecule has 0 spiro atoms. The van der Waals surface area contributed by atoms with Crippen molar-refractivity contribution in [3.8, 4) is 34.7 Å². The van der Waals surface area contributed by atoms with Crippen LogP contribution in [0, 0.1) is 26.3 Å². The van der Waals surface area contributed by atoms with E-state index in [2.05, 4.69) is 167 Å². The predicted octanol–water partition coefficient (Wildman–Crippen LogP) is 22.2. The monoisotopic (exact) mass is 2280 g/mol. The first-order valence-corrected chi connectivity index (χ1v) is 50.9. The molecule has 4 saturated carbocycles. The second kappa shape index (κ2) is 50.6. The number of rotatable bonds is 13. The number of imidazole rings is 6. The van der Waals surface area contributed by atoms with Crippen molar-refractivity contribution in [2.75, 3.05) is 34.1 Å². The summed E-state index contributed by atoms with van der Waals surface area (Å²) >= 11 is 17.6. The minimum atomic E-state index is -4.22. The van der Waals surface area contributed by atoms with Gasteiger partial charge in [0.05, 0.1) is 129 Å². The number of nitrogen functional groups attached to an aromatic ring is 1. The molecule has 9 aromatic carbocycles. The van der Waals surface area contributed by atoms with Gasteiger partial charge in [-0.3, -0.25) is 18.9 Å². The van der Waals surface area contributed by atoms with Crippen LogP contribution in [0.5, 0.6) is 28.7 Å². The summed E-state index contributed by atoms with van der Waals surface area (Å²) in [5, 5.41) is 26.1. The zero-order valence-corrected chi connectivity index (χ0v) is 83.5. The van der Waals surface area contributed by atoms with E-state index in [-0.39, 0.29) is 64.2 Å². The average molecular weight is 2290 g/mol. The number of phenolic OH excluding ortho intramolecular Hbond substituents is 2. The van der Waals surface area contributed by atoms with Gasteiger partial charge in [-0.15, -0.1) is 0 Å². The molecule has 1 saturated heterocycles. The van der Waals surface area contributed by atoms with Crippen LogP contribution in [-0.2, 0) is 31.7 Å². The van der Waals surface area contributed by atoms with E-state index in [1.165, 1.54) is 93.1 Å². The number of amides is 1. The number of carbonyl (C=O) groups is 2. The number of hydrogen-bond acceptors (Lipinski definition) is 19. The molecule has 0 unspecified atom stereocenters. The molecule has 1 amide bonds. The number of ether oxygens (including phenoxy) is 4. The Hall–Kier alpha value is -11.5. The van der Waals surface area contributed by atoms with E-state index in [9.17, 15) is 44.5 Å². The molecule has 9 heterocycles. The molecule has 6 aromatic heterocycles. The fourth-order valence-corrected chi connectivity index (χ4v) is 13.8. The fourth-order valence-electron chi connectivity index (χ4n) is 13.1. The van der Waals surface area contributed by atoms with Gasteiger partial charge in [0.15, 0.2) is 27.5 Å². The van der Waals surface area contributed by atoms with Gasteiger partial charge in [-0.2, -0.15) is 35.1 Å². The van der Waals surface area contributed by atoms with Gasteiger partial charge in [-0.1, -0.05) is 59.0 Å². The summed E-state index contributed by atoms with van der Waals surface area (Å²) in [5.41, 5.74) is 23.6. The smallest absolute Gasteiger partial charge is 0.543 e. The zero-order valence-electron chi connectivity index (χ0n) is 72.3. The fraction of sp³-hybridized carbons (Fsp3) is 0.256. The maximum atomic E-state index is 12.4. The van der Waals surface area contributed by atoms with Crippen LogP contribution in [0.4, 0.5) is 80.6 Å². The molecule has 0 atom stereocenters. The molecule has 136 heavy (non-hydrogen) atoms. The molecule has 8 N–H and O–H groups in total. The molecule has 3 aliphatic heterocycles. The van der Waals surface area contributed by atoms with Gasteiger partial charge in [-0.25, -0.2) is 49.3 Å². The molecule has 46 heteroatoms. The van der Waals surface area contributed by atoms with E-state index in [1.54, 1.807) is 91.5 Å². The van der Waals surface area contributed by atoms with Gasteiger partial charge >= 0.3 is 54.8 Å². The number of carboxylic acid groups (broad SMARTS) is 1. The Morgan fingerprint density at radius 2 is 1.05 bits per heavy atom. The maximum absolute atomic E-state index is 12.4. The number of alkyl halides is 10. The molecular formula is C90H78Br4ClF8IN20NaO10P. The van der Waals surface area contributed by atoms with Gasteiger partial charge in [0.25, 0.3) is 3.25 Å². The minimum Gasteiger partial charge on any atom is -0.543 e. The molecule has 30 nitrogen and oxygen atoms in total. The van der Waals surface area contributed by atoms with E-state index < -0.39 is 34.4 Å². The van der Waals surface area contributed by atoms with Gasteiger partial charge in [0, 0.05) is 140 Å². The van der Waals surface area contributed by atoms with Crippen molar-refractivity contribution in [1.82, 2.24) is 58.6 Å². The number of fused-ring (bicyclic) bond motifs is 8. The summed E-state index contributed by atoms with van der Waals surface area (Å²) in [6.45, 7) is 21.6. The van der Waals surface area contributed by atoms with E-state index in [0.717, 1.165) is 128 Å². The second-order valence-corrected chi connectivity index (χ2v) is 49.0. The van der Waals surface area contributed by atoms with Crippen molar-refractivity contribution in [2.24, 2.45) is 4.99 Å². The molecular weight excluding hydrogens is 2210 g/mol. The van der Waals surface area contributed by atoms with Crippen LogP contribution in [0.2, 0.25) is 0 Å². The summed E-state index contributed by atoms with van der Waals surface area (Å²) in [4.78, 5) is 74.8. The summed E-state index contributed by atoms with van der Waals surface area (Å²) in [7, 11) is 0. The number of hydrogen-bond donors (Lipinski definition) is 7. The first-order chi connectivity index (χ1) is 65.1. The third kappa shape index (κ3) is 32.1. The van der Waals surface area contributed by atoms with Crippen LogP contribution >= 0.6 is 99.8 Å². The molecule has 5 fully saturated rings. The number of nitrogens with one attached hydrogen (secondary N) is 4. The molecule has 15 aromatic rings. The Kier molecular flexibility index (Phi) is 39.0. The summed E-state index contributed by atoms with van der Waals surface area (Å²) < 4.78 is 133. The summed E-state index contributed by atoms with van der Waals surface area (Å²) in [5.74, 6) is -0.795. The second-order valence-electron chi connectivity index (χ2n) is 29.5. The Morgan fingerprint density at radius 3 is 1.55 bits per heavy atom. The minimum absolute atomic E-state index is 0. The average Bonchev–Trinajstić information content (AvgIpc) is 1.59. The quantitative estimate of drug-likeness (QED) is 0.0107. The Labute approximate surface area is 846 Å². The van der Waals surface area contributed by atoms with E-state index >= 15 is 0 Å². The van der Waals surface area contributed by atoms with Gasteiger partial charge < -0.3 is 79.1 Å². The van der Waals surface area contributed by atoms with Crippen LogP contribution in [0.25, 0.3) is 91.5 Å². The molecule has 7 aliphatic rings. The molecule has 702 valence electrons. The van der Waals surface area contributed by atoms with Crippen LogP contribution in [0.3, 0.4) is 0 Å². The molecule has 4 aliphatic carbocycles. The standard InChI is InChI=1S/C19H13F2N5O.C12H10N2O.C11H8BrN3.C10H11N3.2C8H6F2N2O.C8H7NO.C7H6N2O.C4H8O.C2HClF2O2.CH3I.Br3OP.Na/c1-22-11-2-6-14-17(8-11)26(12-3-4-12)19(24-14)25-10-23-15-9-13(27-18(20)21)5-7-16(15)25;1-13-9-3-2-8-6-12(15)14(10-4-5-10)11(8)7-9;1-13-7-2-5-9-10(6-7)15(8-3-4-8)11(12)14-9;1-12-8-4-5-9(11)10(6-8)13-7-2-3-7;2*9-8(10)13-5-1-2-6-7(3-5)12-4-11-6;10-7-2-1-6-3-4-9-8(6)5-7;10-5-1-2-6-7(3-5)9-4-8-6;1-2-4-5-3-1;3-2(4,5)1(6)7;1-2;1-5(2,3)4;/h2,5-10,12,18H,3-4H2;2-3,7,10H,4-6H2;2,5-6,8H,3-4H2;4-7,13H,2-3,11H2;2*1-4,8H,(H,11,12);1-2,4-5,10H,3H2;1-4,10H,(H,8,9);1-4H2;(H,6,7);1H3;;/q;;;;;;;;;;;;+1/p-1/i;;;;;;;;;;1D;;. The molecule has 22 rings (SSSR count). The van der Waals surface area contributed by atoms with Gasteiger partial charge in [0.1, 0.15) is 41.0 Å². The normalized spacial score (nSPS) is 13.9. The SMILES string of the molecule is C1CCOC1.FC(F)Oc1ccc2nc[nH]c2c1.FC(F)Oc1ccc2nc[nH]c2c1.O=C([O-])C(F)(F)Cl.O=P(Br)(Br)Br.Oc1ccc2c(c1)N=CC2.Oc1ccc2nc[nH]c2c1.[2H]CI.[C-]#[N+]c1ccc(N)c(NC2CC2)c1.[C-]#[N+]c1ccc2c(c1)N(C1CC1)C(=O)C2.[C-]#[N+]c1ccc2nc(-n3cnc4cc(OC(F)F)ccc43)n(C3CC3)c2c1.[C-]#[N+]c1ccc2nc(Br)n(C3CC3)c2c1.[Na+]. The van der Waals surface area contributed by atoms with Crippen molar-refractivity contribution in [1.29, 1.82) is 0 Å². The van der Waals surface area contributed by atoms with Crippen molar-refractivity contribution in [2.45, 2.75) is 126 Å². The number of aliphatic carboxylic acids is 1. The third-order valence-electron chi connectivity index (χ3n) is 19.7. The number of phenols is 2. The largest absolute Gasteiger partial charge is 1.00 e. The number of nitrogens with two attached hydrogens (primary N) is 1. The van der Waals surface area contributed by atoms with Crippen molar-refractivity contribution in [3.63, 3.8) is 0 Å². The van der Waals surface area contributed by atoms with Crippen molar-refractivity contribution < 1.29 is 114 Å². The molecule has 0 bridgehead atoms. The number of aromatic hydroxyl groups is 2. The number of halogens is 14. The summed E-state index contributed by atoms with van der Waals surface area (Å²) in [6, 6.07) is 47.9. The third-order valence-corrected chi connectivity index (χ3v) is 20.4. The number of aromatic nitrogens is 12. The topological polar surface area (TPSA) is 362 Å². The first kappa shape index (κ1) is 105. The zero-order chi connectivity index (χ0) is 97.9. The Morgan fingerprint density at radius 1 is 0.610 bits per heavy atom. The number of anilines is 3.